The number of phenols is 1. The molecule has 0 radical (unpaired) electrons. The normalized spacial score (nSPS) is 10.9. The Morgan fingerprint density at radius 3 is 2.62 bits per heavy atom. The van der Waals surface area contributed by atoms with Crippen LogP contribution in [0, 0.1) is 10.1 Å². The molecule has 0 fully saturated rings. The molecule has 0 saturated carbocycles. The molecule has 0 atom stereocenters. The van der Waals surface area contributed by atoms with Gasteiger partial charge in [-0.3, -0.25) is 10.1 Å². The van der Waals surface area contributed by atoms with Crippen LogP contribution in [0.1, 0.15) is 11.4 Å². The van der Waals surface area contributed by atoms with Gasteiger partial charge in [0.2, 0.25) is 0 Å². The zero-order chi connectivity index (χ0) is 18.1. The summed E-state index contributed by atoms with van der Waals surface area (Å²) in [7, 11) is 0. The molecule has 1 N–H and O–H groups in total. The zero-order valence-corrected chi connectivity index (χ0v) is 13.5. The molecule has 128 valence electrons. The van der Waals surface area contributed by atoms with E-state index in [2.05, 4.69) is 15.3 Å². The third-order valence-corrected chi connectivity index (χ3v) is 4.00. The molecule has 4 rings (SSSR count). The molecule has 0 aliphatic heterocycles. The smallest absolute Gasteiger partial charge is 0.310 e. The molecule has 2 heterocycles. The average Bonchev–Trinajstić information content (AvgIpc) is 3.06. The van der Waals surface area contributed by atoms with Crippen LogP contribution in [0.2, 0.25) is 0 Å². The first kappa shape index (κ1) is 15.7. The summed E-state index contributed by atoms with van der Waals surface area (Å²) in [5.41, 5.74) is 2.63. The first-order chi connectivity index (χ1) is 12.6. The number of rotatable bonds is 4. The van der Waals surface area contributed by atoms with Crippen LogP contribution in [0.15, 0.2) is 60.7 Å². The Morgan fingerprint density at radius 2 is 1.85 bits per heavy atom. The molecular formula is C18H13N5O3. The number of nitro benzene ring substituents is 1. The van der Waals surface area contributed by atoms with Gasteiger partial charge in [0.05, 0.1) is 10.6 Å². The maximum Gasteiger partial charge on any atom is 0.310 e. The molecule has 0 saturated heterocycles. The van der Waals surface area contributed by atoms with Crippen molar-refractivity contribution in [2.75, 3.05) is 0 Å². The van der Waals surface area contributed by atoms with Gasteiger partial charge in [0.25, 0.3) is 0 Å². The Kier molecular flexibility index (Phi) is 3.77. The van der Waals surface area contributed by atoms with E-state index >= 15 is 0 Å². The summed E-state index contributed by atoms with van der Waals surface area (Å²) < 4.78 is 1.63. The predicted molar refractivity (Wildman–Crippen MR) is 93.8 cm³/mol. The lowest BCUT2D eigenvalue weighted by atomic mass is 10.1. The van der Waals surface area contributed by atoms with Crippen LogP contribution in [0.4, 0.5) is 5.69 Å². The highest BCUT2D eigenvalue weighted by Gasteiger charge is 2.16. The largest absolute Gasteiger partial charge is 0.502 e. The van der Waals surface area contributed by atoms with Crippen molar-refractivity contribution >= 4 is 11.3 Å². The average molecular weight is 347 g/mol. The summed E-state index contributed by atoms with van der Waals surface area (Å²) in [5, 5.41) is 33.4. The summed E-state index contributed by atoms with van der Waals surface area (Å²) in [6, 6.07) is 17.7. The van der Waals surface area contributed by atoms with Crippen molar-refractivity contribution in [1.29, 1.82) is 0 Å². The van der Waals surface area contributed by atoms with E-state index in [1.165, 1.54) is 12.1 Å². The number of aromatic hydroxyl groups is 1. The van der Waals surface area contributed by atoms with E-state index in [4.69, 9.17) is 0 Å². The maximum absolute atomic E-state index is 11.0. The van der Waals surface area contributed by atoms with E-state index in [0.29, 0.717) is 23.5 Å². The molecule has 0 bridgehead atoms. The van der Waals surface area contributed by atoms with E-state index in [1.54, 1.807) is 10.6 Å². The summed E-state index contributed by atoms with van der Waals surface area (Å²) in [6.07, 6.45) is 0.299. The van der Waals surface area contributed by atoms with Crippen LogP contribution in [0.5, 0.6) is 5.75 Å². The highest BCUT2D eigenvalue weighted by atomic mass is 16.6. The van der Waals surface area contributed by atoms with Crippen molar-refractivity contribution < 1.29 is 10.0 Å². The minimum Gasteiger partial charge on any atom is -0.502 e. The van der Waals surface area contributed by atoms with Gasteiger partial charge < -0.3 is 5.11 Å². The number of hydrogen-bond donors (Lipinski definition) is 1. The van der Waals surface area contributed by atoms with Crippen LogP contribution in [0.3, 0.4) is 0 Å². The van der Waals surface area contributed by atoms with Crippen LogP contribution >= 0.6 is 0 Å². The Bertz CT molecular complexity index is 1110. The lowest BCUT2D eigenvalue weighted by molar-refractivity contribution is -0.385. The number of nitrogens with zero attached hydrogens (tertiary/aromatic N) is 5. The number of hydrogen-bond acceptors (Lipinski definition) is 6. The van der Waals surface area contributed by atoms with E-state index in [9.17, 15) is 15.2 Å². The maximum atomic E-state index is 11.0. The highest BCUT2D eigenvalue weighted by Crippen LogP contribution is 2.27. The van der Waals surface area contributed by atoms with Gasteiger partial charge in [-0.05, 0) is 23.8 Å². The molecule has 0 aliphatic carbocycles. The summed E-state index contributed by atoms with van der Waals surface area (Å²) in [6.45, 7) is 0. The number of aromatic nitrogens is 4. The SMILES string of the molecule is O=[N+]([O-])c1cc(Cc2nnc3ccc(-c4ccccc4)nn23)ccc1O. The van der Waals surface area contributed by atoms with Crippen molar-refractivity contribution in [1.82, 2.24) is 19.8 Å². The summed E-state index contributed by atoms with van der Waals surface area (Å²) in [4.78, 5) is 10.4. The van der Waals surface area contributed by atoms with Gasteiger partial charge in [0.15, 0.2) is 17.2 Å². The molecule has 8 heteroatoms. The van der Waals surface area contributed by atoms with Gasteiger partial charge in [0.1, 0.15) is 0 Å². The van der Waals surface area contributed by atoms with Crippen LogP contribution in [-0.2, 0) is 6.42 Å². The third-order valence-electron chi connectivity index (χ3n) is 4.00. The fraction of sp³-hybridized carbons (Fsp3) is 0.0556. The van der Waals surface area contributed by atoms with E-state index < -0.39 is 4.92 Å². The molecule has 2 aromatic heterocycles. The summed E-state index contributed by atoms with van der Waals surface area (Å²) in [5.74, 6) is 0.187. The number of benzene rings is 2. The Morgan fingerprint density at radius 1 is 1.04 bits per heavy atom. The molecule has 0 amide bonds. The van der Waals surface area contributed by atoms with Crippen molar-refractivity contribution in [2.45, 2.75) is 6.42 Å². The molecule has 0 aliphatic rings. The Balaban J connectivity index is 1.73. The fourth-order valence-electron chi connectivity index (χ4n) is 2.71. The van der Waals surface area contributed by atoms with E-state index in [0.717, 1.165) is 11.3 Å². The lowest BCUT2D eigenvalue weighted by Crippen LogP contribution is -2.02. The van der Waals surface area contributed by atoms with E-state index in [1.807, 2.05) is 42.5 Å². The second-order valence-corrected chi connectivity index (χ2v) is 5.73. The Labute approximate surface area is 147 Å². The molecule has 0 unspecified atom stereocenters. The van der Waals surface area contributed by atoms with E-state index in [-0.39, 0.29) is 11.4 Å². The minimum absolute atomic E-state index is 0.299. The van der Waals surface area contributed by atoms with Gasteiger partial charge in [-0.2, -0.15) is 9.61 Å². The van der Waals surface area contributed by atoms with Gasteiger partial charge in [-0.15, -0.1) is 10.2 Å². The molecule has 8 nitrogen and oxygen atoms in total. The topological polar surface area (TPSA) is 106 Å². The predicted octanol–water partition coefficient (Wildman–Crippen LogP) is 3.00. The first-order valence-electron chi connectivity index (χ1n) is 7.85. The van der Waals surface area contributed by atoms with Gasteiger partial charge >= 0.3 is 5.69 Å². The second-order valence-electron chi connectivity index (χ2n) is 5.73. The molecule has 0 spiro atoms. The monoisotopic (exact) mass is 347 g/mol. The van der Waals surface area contributed by atoms with Gasteiger partial charge in [-0.25, -0.2) is 0 Å². The standard InChI is InChI=1S/C18H13N5O3/c24-16-8-6-12(10-15(16)23(25)26)11-18-20-19-17-9-7-14(21-22(17)18)13-4-2-1-3-5-13/h1-10,24H,11H2. The number of nitro groups is 1. The number of fused-ring (bicyclic) bond motifs is 1. The Hall–Kier alpha value is -3.81. The van der Waals surface area contributed by atoms with Crippen molar-refractivity contribution in [2.24, 2.45) is 0 Å². The first-order valence-corrected chi connectivity index (χ1v) is 7.85. The molecule has 4 aromatic rings. The molecule has 26 heavy (non-hydrogen) atoms. The quantitative estimate of drug-likeness (QED) is 0.449. The van der Waals surface area contributed by atoms with Gasteiger partial charge in [0, 0.05) is 18.1 Å². The lowest BCUT2D eigenvalue weighted by Gasteiger charge is -2.04. The van der Waals surface area contributed by atoms with Crippen LogP contribution < -0.4 is 0 Å². The van der Waals surface area contributed by atoms with Crippen molar-refractivity contribution in [3.63, 3.8) is 0 Å². The van der Waals surface area contributed by atoms with Crippen molar-refractivity contribution in [3.05, 3.63) is 82.2 Å². The number of phenolic OH excluding ortho intramolecular Hbond substituents is 1. The highest BCUT2D eigenvalue weighted by molar-refractivity contribution is 5.60. The summed E-state index contributed by atoms with van der Waals surface area (Å²) >= 11 is 0. The van der Waals surface area contributed by atoms with Crippen LogP contribution in [-0.4, -0.2) is 29.8 Å². The van der Waals surface area contributed by atoms with Gasteiger partial charge in [-0.1, -0.05) is 36.4 Å². The van der Waals surface area contributed by atoms with Crippen LogP contribution in [0.25, 0.3) is 16.9 Å². The minimum atomic E-state index is -0.619. The second kappa shape index (κ2) is 6.25. The van der Waals surface area contributed by atoms with Crippen molar-refractivity contribution in [3.8, 4) is 17.0 Å². The fourth-order valence-corrected chi connectivity index (χ4v) is 2.71. The third kappa shape index (κ3) is 2.84. The zero-order valence-electron chi connectivity index (χ0n) is 13.5. The molecule has 2 aromatic carbocycles. The molecular weight excluding hydrogens is 334 g/mol.